The van der Waals surface area contributed by atoms with Crippen molar-refractivity contribution < 1.29 is 18.0 Å². The highest BCUT2D eigenvalue weighted by Gasteiger charge is 2.52. The Balaban J connectivity index is 2.00. The molecule has 158 valence electrons. The quantitative estimate of drug-likeness (QED) is 0.565. The number of carbonyl (C=O) groups is 1. The van der Waals surface area contributed by atoms with Gasteiger partial charge in [-0.2, -0.15) is 18.2 Å². The summed E-state index contributed by atoms with van der Waals surface area (Å²) < 4.78 is 42.4. The van der Waals surface area contributed by atoms with E-state index in [1.54, 1.807) is 26.0 Å². The number of hydrazine groups is 1. The predicted octanol–water partition coefficient (Wildman–Crippen LogP) is 6.08. The van der Waals surface area contributed by atoms with Crippen LogP contribution in [-0.2, 0) is 11.2 Å². The lowest BCUT2D eigenvalue weighted by molar-refractivity contribution is -0.203. The lowest BCUT2D eigenvalue weighted by atomic mass is 9.93. The van der Waals surface area contributed by atoms with E-state index in [2.05, 4.69) is 12.3 Å². The van der Waals surface area contributed by atoms with E-state index in [-0.39, 0.29) is 17.9 Å². The number of fused-ring (bicyclic) bond motifs is 1. The molecule has 1 fully saturated rings. The standard InChI is InChI=1S/C23H29F3N2O/c1-4-5-6-7-9-16-10-8-11-17-12-13-18(14-19(16)17)21(23(24,25)26)28-22(2,3)15-20(29)27-28/h8,10-14,21H,4-7,9,15H2,1-3H3,(H,27,29). The van der Waals surface area contributed by atoms with Crippen molar-refractivity contribution in [2.24, 2.45) is 0 Å². The molecule has 3 nitrogen and oxygen atoms in total. The Bertz CT molecular complexity index is 876. The minimum Gasteiger partial charge on any atom is -0.287 e. The van der Waals surface area contributed by atoms with Crippen molar-refractivity contribution in [1.29, 1.82) is 0 Å². The van der Waals surface area contributed by atoms with Crippen molar-refractivity contribution in [3.63, 3.8) is 0 Å². The number of alkyl halides is 3. The molecule has 0 bridgehead atoms. The van der Waals surface area contributed by atoms with Gasteiger partial charge in [0.1, 0.15) is 0 Å². The number of amides is 1. The molecule has 2 aromatic rings. The maximum Gasteiger partial charge on any atom is 0.409 e. The highest BCUT2D eigenvalue weighted by molar-refractivity contribution is 5.86. The van der Waals surface area contributed by atoms with Crippen LogP contribution in [-0.4, -0.2) is 22.6 Å². The fraction of sp³-hybridized carbons (Fsp3) is 0.522. The van der Waals surface area contributed by atoms with Crippen LogP contribution in [0, 0.1) is 0 Å². The molecule has 1 saturated heterocycles. The summed E-state index contributed by atoms with van der Waals surface area (Å²) in [6, 6.07) is 8.94. The van der Waals surface area contributed by atoms with Crippen molar-refractivity contribution >= 4 is 16.7 Å². The van der Waals surface area contributed by atoms with E-state index in [0.717, 1.165) is 53.4 Å². The van der Waals surface area contributed by atoms with Crippen LogP contribution in [0.2, 0.25) is 0 Å². The second kappa shape index (κ2) is 8.34. The van der Waals surface area contributed by atoms with Gasteiger partial charge in [0.15, 0.2) is 6.04 Å². The third-order valence-corrected chi connectivity index (χ3v) is 5.67. The van der Waals surface area contributed by atoms with Gasteiger partial charge in [-0.15, -0.1) is 0 Å². The van der Waals surface area contributed by atoms with Crippen LogP contribution in [0.4, 0.5) is 13.2 Å². The average Bonchev–Trinajstić information content (AvgIpc) is 2.89. The zero-order valence-corrected chi connectivity index (χ0v) is 17.3. The van der Waals surface area contributed by atoms with Crippen molar-refractivity contribution in [1.82, 2.24) is 10.4 Å². The number of hydrogen-bond donors (Lipinski definition) is 1. The summed E-state index contributed by atoms with van der Waals surface area (Å²) in [4.78, 5) is 11.8. The number of aryl methyl sites for hydroxylation is 1. The van der Waals surface area contributed by atoms with E-state index in [4.69, 9.17) is 0 Å². The summed E-state index contributed by atoms with van der Waals surface area (Å²) >= 11 is 0. The number of nitrogens with one attached hydrogen (secondary N) is 1. The lowest BCUT2D eigenvalue weighted by Crippen LogP contribution is -2.51. The predicted molar refractivity (Wildman–Crippen MR) is 109 cm³/mol. The smallest absolute Gasteiger partial charge is 0.287 e. The van der Waals surface area contributed by atoms with Crippen molar-refractivity contribution in [2.75, 3.05) is 0 Å². The van der Waals surface area contributed by atoms with Gasteiger partial charge in [0.05, 0.1) is 0 Å². The number of carbonyl (C=O) groups excluding carboxylic acids is 1. The first-order valence-electron chi connectivity index (χ1n) is 10.3. The lowest BCUT2D eigenvalue weighted by Gasteiger charge is -2.38. The molecule has 29 heavy (non-hydrogen) atoms. The Morgan fingerprint density at radius 3 is 2.52 bits per heavy atom. The normalized spacial score (nSPS) is 18.2. The van der Waals surface area contributed by atoms with Gasteiger partial charge >= 0.3 is 6.18 Å². The second-order valence-electron chi connectivity index (χ2n) is 8.55. The molecule has 0 spiro atoms. The first-order valence-corrected chi connectivity index (χ1v) is 10.3. The van der Waals surface area contributed by atoms with E-state index in [1.807, 2.05) is 18.2 Å². The van der Waals surface area contributed by atoms with Gasteiger partial charge in [0, 0.05) is 12.0 Å². The van der Waals surface area contributed by atoms with Crippen LogP contribution >= 0.6 is 0 Å². The summed E-state index contributed by atoms with van der Waals surface area (Å²) in [7, 11) is 0. The molecule has 6 heteroatoms. The van der Waals surface area contributed by atoms with E-state index in [1.165, 1.54) is 6.07 Å². The van der Waals surface area contributed by atoms with Crippen LogP contribution < -0.4 is 5.43 Å². The fourth-order valence-electron chi connectivity index (χ4n) is 4.19. The first-order chi connectivity index (χ1) is 13.6. The Kier molecular flexibility index (Phi) is 6.22. The number of unbranched alkanes of at least 4 members (excludes halogenated alkanes) is 3. The molecular formula is C23H29F3N2O. The van der Waals surface area contributed by atoms with Gasteiger partial charge in [0.2, 0.25) is 5.91 Å². The molecular weight excluding hydrogens is 377 g/mol. The van der Waals surface area contributed by atoms with Gasteiger partial charge in [-0.3, -0.25) is 10.2 Å². The van der Waals surface area contributed by atoms with Crippen molar-refractivity contribution in [3.8, 4) is 0 Å². The number of rotatable bonds is 7. The van der Waals surface area contributed by atoms with Gasteiger partial charge in [-0.1, -0.05) is 56.5 Å². The number of hydrogen-bond acceptors (Lipinski definition) is 2. The third-order valence-electron chi connectivity index (χ3n) is 5.67. The molecule has 0 radical (unpaired) electrons. The average molecular weight is 406 g/mol. The molecule has 0 saturated carbocycles. The first kappa shape index (κ1) is 21.6. The summed E-state index contributed by atoms with van der Waals surface area (Å²) in [5, 5.41) is 2.87. The van der Waals surface area contributed by atoms with Gasteiger partial charge in [0.25, 0.3) is 0 Å². The van der Waals surface area contributed by atoms with Crippen LogP contribution in [0.25, 0.3) is 10.8 Å². The van der Waals surface area contributed by atoms with Crippen molar-refractivity contribution in [3.05, 3.63) is 47.5 Å². The van der Waals surface area contributed by atoms with E-state index < -0.39 is 17.8 Å². The maximum atomic E-state index is 14.1. The van der Waals surface area contributed by atoms with E-state index in [9.17, 15) is 18.0 Å². The minimum atomic E-state index is -4.52. The number of halogens is 3. The van der Waals surface area contributed by atoms with Gasteiger partial charge < -0.3 is 0 Å². The van der Waals surface area contributed by atoms with Gasteiger partial charge in [-0.25, -0.2) is 0 Å². The molecule has 1 atom stereocenters. The largest absolute Gasteiger partial charge is 0.409 e. The molecule has 0 aromatic heterocycles. The molecule has 1 aliphatic rings. The SMILES string of the molecule is CCCCCCc1cccc2ccc(C(N3NC(=O)CC3(C)C)C(F)(F)F)cc12. The second-order valence-corrected chi connectivity index (χ2v) is 8.55. The molecule has 1 unspecified atom stereocenters. The molecule has 1 heterocycles. The van der Waals surface area contributed by atoms with Crippen LogP contribution in [0.1, 0.15) is 70.0 Å². The number of benzene rings is 2. The third kappa shape index (κ3) is 4.74. The summed E-state index contributed by atoms with van der Waals surface area (Å²) in [6.07, 6.45) is 0.818. The van der Waals surface area contributed by atoms with Crippen LogP contribution in [0.15, 0.2) is 36.4 Å². The highest BCUT2D eigenvalue weighted by atomic mass is 19.4. The van der Waals surface area contributed by atoms with Crippen molar-refractivity contribution in [2.45, 2.75) is 77.1 Å². The topological polar surface area (TPSA) is 32.3 Å². The zero-order valence-electron chi connectivity index (χ0n) is 17.3. The molecule has 1 N–H and O–H groups in total. The Morgan fingerprint density at radius 2 is 1.90 bits per heavy atom. The highest BCUT2D eigenvalue weighted by Crippen LogP contribution is 2.43. The Hall–Kier alpha value is -2.08. The zero-order chi connectivity index (χ0) is 21.2. The molecule has 1 aliphatic heterocycles. The summed E-state index contributed by atoms with van der Waals surface area (Å²) in [6.45, 7) is 5.47. The number of nitrogens with zero attached hydrogens (tertiary/aromatic N) is 1. The minimum absolute atomic E-state index is 0.0375. The van der Waals surface area contributed by atoms with Crippen LogP contribution in [0.5, 0.6) is 0 Å². The summed E-state index contributed by atoms with van der Waals surface area (Å²) in [5.74, 6) is -0.387. The molecule has 0 aliphatic carbocycles. The fourth-order valence-corrected chi connectivity index (χ4v) is 4.19. The summed E-state index contributed by atoms with van der Waals surface area (Å²) in [5.41, 5.74) is 2.74. The molecule has 1 amide bonds. The molecule has 2 aromatic carbocycles. The van der Waals surface area contributed by atoms with E-state index in [0.29, 0.717) is 0 Å². The van der Waals surface area contributed by atoms with E-state index >= 15 is 0 Å². The van der Waals surface area contributed by atoms with Gasteiger partial charge in [-0.05, 0) is 54.7 Å². The molecule has 3 rings (SSSR count). The monoisotopic (exact) mass is 406 g/mol. The maximum absolute atomic E-state index is 14.1. The van der Waals surface area contributed by atoms with Crippen LogP contribution in [0.3, 0.4) is 0 Å². The Morgan fingerprint density at radius 1 is 1.14 bits per heavy atom. The Labute approximate surface area is 170 Å².